The molecule has 0 unspecified atom stereocenters. The van der Waals surface area contributed by atoms with Gasteiger partial charge in [0.05, 0.1) is 12.8 Å². The summed E-state index contributed by atoms with van der Waals surface area (Å²) in [5, 5.41) is 10.8. The van der Waals surface area contributed by atoms with Gasteiger partial charge in [0.15, 0.2) is 0 Å². The second-order valence-electron chi connectivity index (χ2n) is 5.43. The average molecular weight is 331 g/mol. The number of benzene rings is 3. The molecule has 0 aromatic heterocycles. The molecule has 25 heavy (non-hydrogen) atoms. The van der Waals surface area contributed by atoms with Crippen LogP contribution in [-0.2, 0) is 4.79 Å². The first-order valence-electron chi connectivity index (χ1n) is 7.78. The molecule has 1 N–H and O–H groups in total. The van der Waals surface area contributed by atoms with Crippen LogP contribution in [0.1, 0.15) is 11.1 Å². The maximum atomic E-state index is 10.6. The second kappa shape index (κ2) is 7.45. The Morgan fingerprint density at radius 2 is 1.84 bits per heavy atom. The third kappa shape index (κ3) is 3.93. The Bertz CT molecular complexity index is 969. The van der Waals surface area contributed by atoms with E-state index in [9.17, 15) is 4.79 Å². The van der Waals surface area contributed by atoms with Crippen molar-refractivity contribution in [3.8, 4) is 5.75 Å². The van der Waals surface area contributed by atoms with E-state index in [2.05, 4.69) is 4.99 Å². The largest absolute Gasteiger partial charge is 0.496 e. The number of carbonyl (C=O) groups is 1. The quantitative estimate of drug-likeness (QED) is 0.545. The van der Waals surface area contributed by atoms with Gasteiger partial charge >= 0.3 is 5.97 Å². The number of methoxy groups -OCH3 is 1. The van der Waals surface area contributed by atoms with Gasteiger partial charge in [-0.25, -0.2) is 4.79 Å². The summed E-state index contributed by atoms with van der Waals surface area (Å²) < 4.78 is 5.47. The van der Waals surface area contributed by atoms with E-state index in [4.69, 9.17) is 9.84 Å². The fourth-order valence-electron chi connectivity index (χ4n) is 2.63. The minimum absolute atomic E-state index is 0.749. The minimum atomic E-state index is -0.975. The first kappa shape index (κ1) is 16.5. The predicted octanol–water partition coefficient (Wildman–Crippen LogP) is 4.70. The Morgan fingerprint density at radius 1 is 1.08 bits per heavy atom. The summed E-state index contributed by atoms with van der Waals surface area (Å²) in [5.41, 5.74) is 2.49. The first-order valence-corrected chi connectivity index (χ1v) is 7.78. The summed E-state index contributed by atoms with van der Waals surface area (Å²) in [7, 11) is 1.65. The monoisotopic (exact) mass is 331 g/mol. The molecular weight excluding hydrogens is 314 g/mol. The van der Waals surface area contributed by atoms with E-state index in [-0.39, 0.29) is 0 Å². The van der Waals surface area contributed by atoms with E-state index in [0.717, 1.165) is 39.4 Å². The highest BCUT2D eigenvalue weighted by Crippen LogP contribution is 2.28. The molecule has 3 rings (SSSR count). The van der Waals surface area contributed by atoms with Crippen molar-refractivity contribution in [3.63, 3.8) is 0 Å². The maximum absolute atomic E-state index is 10.6. The van der Waals surface area contributed by atoms with Crippen LogP contribution in [0.3, 0.4) is 0 Å². The number of nitrogens with zero attached hydrogens (tertiary/aromatic N) is 1. The zero-order valence-corrected chi connectivity index (χ0v) is 13.7. The molecule has 3 aromatic rings. The van der Waals surface area contributed by atoms with Crippen molar-refractivity contribution in [1.82, 2.24) is 0 Å². The summed E-state index contributed by atoms with van der Waals surface area (Å²) in [6.07, 6.45) is 4.45. The van der Waals surface area contributed by atoms with Crippen LogP contribution in [0.2, 0.25) is 0 Å². The lowest BCUT2D eigenvalue weighted by atomic mass is 10.0. The van der Waals surface area contributed by atoms with Crippen molar-refractivity contribution in [2.24, 2.45) is 4.99 Å². The maximum Gasteiger partial charge on any atom is 0.328 e. The van der Waals surface area contributed by atoms with E-state index in [1.165, 1.54) is 0 Å². The van der Waals surface area contributed by atoms with Crippen molar-refractivity contribution in [2.45, 2.75) is 0 Å². The molecule has 0 bridgehead atoms. The lowest BCUT2D eigenvalue weighted by molar-refractivity contribution is -0.131. The molecule has 4 nitrogen and oxygen atoms in total. The molecular formula is C21H17NO3. The molecule has 0 fully saturated rings. The normalized spacial score (nSPS) is 11.4. The third-order valence-electron chi connectivity index (χ3n) is 3.76. The van der Waals surface area contributed by atoms with Gasteiger partial charge in [0.1, 0.15) is 5.75 Å². The number of aliphatic carboxylic acids is 1. The summed E-state index contributed by atoms with van der Waals surface area (Å²) in [6.45, 7) is 0. The first-order chi connectivity index (χ1) is 12.2. The molecule has 3 aromatic carbocycles. The number of carboxylic acids is 1. The SMILES string of the molecule is COc1cccc2cccc(C=Nc3cccc(/C=C/C(=O)O)c3)c12. The number of rotatable bonds is 5. The molecule has 0 atom stereocenters. The van der Waals surface area contributed by atoms with Gasteiger partial charge < -0.3 is 9.84 Å². The molecule has 0 aliphatic heterocycles. The Balaban J connectivity index is 1.96. The van der Waals surface area contributed by atoms with Crippen molar-refractivity contribution in [1.29, 1.82) is 0 Å². The Kier molecular flexibility index (Phi) is 4.90. The van der Waals surface area contributed by atoms with Crippen molar-refractivity contribution in [2.75, 3.05) is 7.11 Å². The molecule has 0 saturated heterocycles. The number of fused-ring (bicyclic) bond motifs is 1. The molecule has 124 valence electrons. The fraction of sp³-hybridized carbons (Fsp3) is 0.0476. The van der Waals surface area contributed by atoms with Crippen LogP contribution in [0.25, 0.3) is 16.8 Å². The van der Waals surface area contributed by atoms with Crippen LogP contribution in [0.4, 0.5) is 5.69 Å². The van der Waals surface area contributed by atoms with Gasteiger partial charge in [-0.1, -0.05) is 42.5 Å². The number of hydrogen-bond donors (Lipinski definition) is 1. The second-order valence-corrected chi connectivity index (χ2v) is 5.43. The van der Waals surface area contributed by atoms with Crippen molar-refractivity contribution in [3.05, 3.63) is 77.9 Å². The summed E-state index contributed by atoms with van der Waals surface area (Å²) in [4.78, 5) is 15.2. The van der Waals surface area contributed by atoms with E-state index in [1.807, 2.05) is 60.7 Å². The number of carboxylic acid groups (broad SMARTS) is 1. The van der Waals surface area contributed by atoms with Crippen LogP contribution in [0, 0.1) is 0 Å². The van der Waals surface area contributed by atoms with Gasteiger partial charge in [-0.05, 0) is 35.2 Å². The van der Waals surface area contributed by atoms with Crippen LogP contribution in [-0.4, -0.2) is 24.4 Å². The molecule has 0 saturated carbocycles. The minimum Gasteiger partial charge on any atom is -0.496 e. The van der Waals surface area contributed by atoms with Gasteiger partial charge in [0, 0.05) is 23.2 Å². The molecule has 0 aliphatic carbocycles. The highest BCUT2D eigenvalue weighted by atomic mass is 16.5. The summed E-state index contributed by atoms with van der Waals surface area (Å²) >= 11 is 0. The Hall–Kier alpha value is -3.40. The standard InChI is InChI=1S/C21H17NO3/c1-25-19-10-4-7-16-6-3-8-17(21(16)19)14-22-18-9-2-5-15(13-18)11-12-20(23)24/h2-14H,1H3,(H,23,24)/b12-11+,22-14?. The van der Waals surface area contributed by atoms with Crippen LogP contribution in [0.15, 0.2) is 71.7 Å². The molecule has 0 spiro atoms. The highest BCUT2D eigenvalue weighted by molar-refractivity contribution is 6.03. The van der Waals surface area contributed by atoms with Gasteiger partial charge in [0.25, 0.3) is 0 Å². The van der Waals surface area contributed by atoms with Crippen molar-refractivity contribution < 1.29 is 14.6 Å². The number of ether oxygens (including phenoxy) is 1. The van der Waals surface area contributed by atoms with E-state index in [1.54, 1.807) is 19.4 Å². The smallest absolute Gasteiger partial charge is 0.328 e. The molecule has 0 heterocycles. The van der Waals surface area contributed by atoms with E-state index in [0.29, 0.717) is 0 Å². The molecule has 0 radical (unpaired) electrons. The van der Waals surface area contributed by atoms with Crippen molar-refractivity contribution >= 4 is 34.7 Å². The zero-order chi connectivity index (χ0) is 17.6. The zero-order valence-electron chi connectivity index (χ0n) is 13.7. The van der Waals surface area contributed by atoms with Crippen LogP contribution >= 0.6 is 0 Å². The van der Waals surface area contributed by atoms with E-state index >= 15 is 0 Å². The lowest BCUT2D eigenvalue weighted by Crippen LogP contribution is -1.90. The Morgan fingerprint density at radius 3 is 2.60 bits per heavy atom. The molecule has 4 heteroatoms. The van der Waals surface area contributed by atoms with Crippen LogP contribution in [0.5, 0.6) is 5.75 Å². The van der Waals surface area contributed by atoms with Crippen LogP contribution < -0.4 is 4.74 Å². The molecule has 0 amide bonds. The van der Waals surface area contributed by atoms with Gasteiger partial charge in [-0.2, -0.15) is 0 Å². The Labute approximate surface area is 145 Å². The fourth-order valence-corrected chi connectivity index (χ4v) is 2.63. The van der Waals surface area contributed by atoms with Gasteiger partial charge in [-0.15, -0.1) is 0 Å². The van der Waals surface area contributed by atoms with E-state index < -0.39 is 5.97 Å². The average Bonchev–Trinajstić information content (AvgIpc) is 2.64. The topological polar surface area (TPSA) is 58.9 Å². The summed E-state index contributed by atoms with van der Waals surface area (Å²) in [5.74, 6) is -0.172. The number of hydrogen-bond acceptors (Lipinski definition) is 3. The third-order valence-corrected chi connectivity index (χ3v) is 3.76. The lowest BCUT2D eigenvalue weighted by Gasteiger charge is -2.07. The summed E-state index contributed by atoms with van der Waals surface area (Å²) in [6, 6.07) is 19.3. The highest BCUT2D eigenvalue weighted by Gasteiger charge is 2.05. The number of aliphatic imine (C=N–C) groups is 1. The van der Waals surface area contributed by atoms with Gasteiger partial charge in [0.2, 0.25) is 0 Å². The molecule has 0 aliphatic rings. The van der Waals surface area contributed by atoms with Gasteiger partial charge in [-0.3, -0.25) is 4.99 Å². The predicted molar refractivity (Wildman–Crippen MR) is 101 cm³/mol.